The van der Waals surface area contributed by atoms with Crippen LogP contribution < -0.4 is 10.5 Å². The van der Waals surface area contributed by atoms with Gasteiger partial charge in [0.2, 0.25) is 0 Å². The molecule has 0 heterocycles. The Hall–Kier alpha value is -1.52. The lowest BCUT2D eigenvalue weighted by Gasteiger charge is -2.09. The Bertz CT molecular complexity index is 605. The molecule has 0 aromatic heterocycles. The number of ether oxygens (including phenoxy) is 1. The molecule has 0 unspecified atom stereocenters. The van der Waals surface area contributed by atoms with Crippen LogP contribution in [0.5, 0.6) is 11.5 Å². The number of nitrogen functional groups attached to an aromatic ring is 1. The fraction of sp³-hybridized carbons (Fsp3) is 0. The second-order valence-corrected chi connectivity index (χ2v) is 4.30. The zero-order valence-corrected chi connectivity index (χ0v) is 10.4. The lowest BCUT2D eigenvalue weighted by molar-refractivity contribution is 0.474. The van der Waals surface area contributed by atoms with Crippen molar-refractivity contribution in [1.29, 1.82) is 0 Å². The number of hydrogen-bond acceptors (Lipinski definition) is 2. The SMILES string of the molecule is Nc1cc(Cl)c(F)cc1Oc1ccc(Cl)c(F)c1. The summed E-state index contributed by atoms with van der Waals surface area (Å²) in [5, 5.41) is -0.139. The van der Waals surface area contributed by atoms with Crippen LogP contribution in [0, 0.1) is 11.6 Å². The second kappa shape index (κ2) is 5.00. The molecular formula is C12H7Cl2F2NO. The van der Waals surface area contributed by atoms with Gasteiger partial charge in [0.25, 0.3) is 0 Å². The number of benzene rings is 2. The van der Waals surface area contributed by atoms with E-state index in [-0.39, 0.29) is 27.2 Å². The lowest BCUT2D eigenvalue weighted by atomic mass is 10.3. The number of nitrogens with two attached hydrogens (primary N) is 1. The van der Waals surface area contributed by atoms with Crippen LogP contribution in [0.3, 0.4) is 0 Å². The van der Waals surface area contributed by atoms with E-state index in [1.807, 2.05) is 0 Å². The predicted octanol–water partition coefficient (Wildman–Crippen LogP) is 4.65. The molecule has 2 N–H and O–H groups in total. The first-order valence-electron chi connectivity index (χ1n) is 4.85. The zero-order chi connectivity index (χ0) is 13.3. The highest BCUT2D eigenvalue weighted by Gasteiger charge is 2.09. The van der Waals surface area contributed by atoms with E-state index in [0.717, 1.165) is 12.1 Å². The molecule has 0 atom stereocenters. The van der Waals surface area contributed by atoms with Crippen LogP contribution in [0.2, 0.25) is 10.0 Å². The molecule has 0 fully saturated rings. The summed E-state index contributed by atoms with van der Waals surface area (Å²) in [6, 6.07) is 6.10. The van der Waals surface area contributed by atoms with Gasteiger partial charge in [-0.2, -0.15) is 0 Å². The molecule has 94 valence electrons. The highest BCUT2D eigenvalue weighted by atomic mass is 35.5. The Morgan fingerprint density at radius 2 is 1.61 bits per heavy atom. The first-order chi connectivity index (χ1) is 8.47. The van der Waals surface area contributed by atoms with Gasteiger partial charge in [0.05, 0.1) is 15.7 Å². The van der Waals surface area contributed by atoms with Crippen molar-refractivity contribution in [1.82, 2.24) is 0 Å². The third-order valence-corrected chi connectivity index (χ3v) is 2.77. The van der Waals surface area contributed by atoms with Crippen LogP contribution in [0.15, 0.2) is 30.3 Å². The van der Waals surface area contributed by atoms with Crippen LogP contribution >= 0.6 is 23.2 Å². The van der Waals surface area contributed by atoms with Crippen LogP contribution in [0.4, 0.5) is 14.5 Å². The van der Waals surface area contributed by atoms with Gasteiger partial charge in [-0.05, 0) is 18.2 Å². The smallest absolute Gasteiger partial charge is 0.153 e. The van der Waals surface area contributed by atoms with E-state index in [4.69, 9.17) is 33.7 Å². The molecule has 0 spiro atoms. The van der Waals surface area contributed by atoms with Crippen molar-refractivity contribution in [3.63, 3.8) is 0 Å². The van der Waals surface area contributed by atoms with Crippen molar-refractivity contribution in [2.24, 2.45) is 0 Å². The number of rotatable bonds is 2. The zero-order valence-electron chi connectivity index (χ0n) is 8.88. The summed E-state index contributed by atoms with van der Waals surface area (Å²) in [6.45, 7) is 0. The van der Waals surface area contributed by atoms with Crippen molar-refractivity contribution in [2.75, 3.05) is 5.73 Å². The minimum Gasteiger partial charge on any atom is -0.455 e. The normalized spacial score (nSPS) is 10.4. The van der Waals surface area contributed by atoms with Gasteiger partial charge in [-0.1, -0.05) is 23.2 Å². The lowest BCUT2D eigenvalue weighted by Crippen LogP contribution is -1.94. The Morgan fingerprint density at radius 1 is 0.944 bits per heavy atom. The summed E-state index contributed by atoms with van der Waals surface area (Å²) in [6.07, 6.45) is 0. The van der Waals surface area contributed by atoms with E-state index in [1.54, 1.807) is 0 Å². The maximum absolute atomic E-state index is 13.2. The molecule has 2 rings (SSSR count). The number of hydrogen-bond donors (Lipinski definition) is 1. The maximum atomic E-state index is 13.2. The van der Waals surface area contributed by atoms with Crippen LogP contribution in [0.1, 0.15) is 0 Å². The molecule has 2 aromatic rings. The standard InChI is InChI=1S/C12H7Cl2F2NO/c13-7-2-1-6(3-9(7)15)18-12-5-10(16)8(14)4-11(12)17/h1-5H,17H2. The Morgan fingerprint density at radius 3 is 2.28 bits per heavy atom. The van der Waals surface area contributed by atoms with Gasteiger partial charge in [-0.3, -0.25) is 0 Å². The van der Waals surface area contributed by atoms with E-state index < -0.39 is 11.6 Å². The molecule has 0 aliphatic heterocycles. The van der Waals surface area contributed by atoms with Gasteiger partial charge >= 0.3 is 0 Å². The van der Waals surface area contributed by atoms with Gasteiger partial charge in [-0.25, -0.2) is 8.78 Å². The van der Waals surface area contributed by atoms with E-state index >= 15 is 0 Å². The second-order valence-electron chi connectivity index (χ2n) is 3.48. The van der Waals surface area contributed by atoms with Crippen molar-refractivity contribution in [2.45, 2.75) is 0 Å². The molecular weight excluding hydrogens is 283 g/mol. The first-order valence-corrected chi connectivity index (χ1v) is 5.60. The Balaban J connectivity index is 2.34. The van der Waals surface area contributed by atoms with Crippen LogP contribution in [0.25, 0.3) is 0 Å². The van der Waals surface area contributed by atoms with Crippen molar-refractivity contribution in [3.8, 4) is 11.5 Å². The van der Waals surface area contributed by atoms with E-state index in [2.05, 4.69) is 0 Å². The van der Waals surface area contributed by atoms with E-state index in [9.17, 15) is 8.78 Å². The van der Waals surface area contributed by atoms with Crippen molar-refractivity contribution in [3.05, 3.63) is 52.0 Å². The highest BCUT2D eigenvalue weighted by Crippen LogP contribution is 2.32. The summed E-state index contributed by atoms with van der Waals surface area (Å²) >= 11 is 11.1. The number of anilines is 1. The molecule has 18 heavy (non-hydrogen) atoms. The fourth-order valence-electron chi connectivity index (χ4n) is 1.30. The molecule has 0 bridgehead atoms. The minimum atomic E-state index is -0.671. The molecule has 0 saturated carbocycles. The molecule has 0 aliphatic carbocycles. The van der Waals surface area contributed by atoms with Gasteiger partial charge < -0.3 is 10.5 Å². The van der Waals surface area contributed by atoms with Gasteiger partial charge in [0.1, 0.15) is 17.4 Å². The third-order valence-electron chi connectivity index (χ3n) is 2.17. The average Bonchev–Trinajstić information content (AvgIpc) is 2.31. The van der Waals surface area contributed by atoms with E-state index in [0.29, 0.717) is 0 Å². The largest absolute Gasteiger partial charge is 0.455 e. The molecule has 0 amide bonds. The van der Waals surface area contributed by atoms with Gasteiger partial charge in [-0.15, -0.1) is 0 Å². The quantitative estimate of drug-likeness (QED) is 0.817. The monoisotopic (exact) mass is 289 g/mol. The highest BCUT2D eigenvalue weighted by molar-refractivity contribution is 6.31. The summed E-state index contributed by atoms with van der Waals surface area (Å²) in [5.41, 5.74) is 5.76. The minimum absolute atomic E-state index is 0.0300. The van der Waals surface area contributed by atoms with Gasteiger partial charge in [0.15, 0.2) is 5.75 Å². The number of halogens is 4. The summed E-state index contributed by atoms with van der Waals surface area (Å²) in [7, 11) is 0. The molecule has 0 aliphatic rings. The summed E-state index contributed by atoms with van der Waals surface area (Å²) in [4.78, 5) is 0. The molecule has 0 saturated heterocycles. The molecule has 6 heteroatoms. The molecule has 2 aromatic carbocycles. The molecule has 0 radical (unpaired) electrons. The van der Waals surface area contributed by atoms with Crippen LogP contribution in [-0.2, 0) is 0 Å². The fourth-order valence-corrected chi connectivity index (χ4v) is 1.59. The van der Waals surface area contributed by atoms with E-state index in [1.165, 1.54) is 18.2 Å². The third kappa shape index (κ3) is 2.66. The molecule has 2 nitrogen and oxygen atoms in total. The van der Waals surface area contributed by atoms with Crippen LogP contribution in [-0.4, -0.2) is 0 Å². The average molecular weight is 290 g/mol. The Kier molecular flexibility index (Phi) is 3.59. The topological polar surface area (TPSA) is 35.2 Å². The summed E-state index contributed by atoms with van der Waals surface area (Å²) in [5.74, 6) is -1.10. The summed E-state index contributed by atoms with van der Waals surface area (Å²) < 4.78 is 31.7. The predicted molar refractivity (Wildman–Crippen MR) is 67.3 cm³/mol. The van der Waals surface area contributed by atoms with Gasteiger partial charge in [0, 0.05) is 12.1 Å². The van der Waals surface area contributed by atoms with Crippen molar-refractivity contribution < 1.29 is 13.5 Å². The Labute approximate surface area is 112 Å². The van der Waals surface area contributed by atoms with Crippen molar-refractivity contribution >= 4 is 28.9 Å². The maximum Gasteiger partial charge on any atom is 0.153 e. The first kappa shape index (κ1) is 12.9.